The van der Waals surface area contributed by atoms with Gasteiger partial charge in [0.15, 0.2) is 5.16 Å². The summed E-state index contributed by atoms with van der Waals surface area (Å²) in [7, 11) is -0.952. The van der Waals surface area contributed by atoms with Crippen LogP contribution in [0.5, 0.6) is 0 Å². The van der Waals surface area contributed by atoms with Crippen molar-refractivity contribution >= 4 is 32.6 Å². The minimum Gasteiger partial charge on any atom is -0.322 e. The molecule has 0 saturated carbocycles. The van der Waals surface area contributed by atoms with Crippen LogP contribution in [0.25, 0.3) is 11.0 Å². The molecule has 0 aliphatic rings. The smallest absolute Gasteiger partial charge is 0.168 e. The van der Waals surface area contributed by atoms with Crippen LogP contribution in [0.3, 0.4) is 0 Å². The number of para-hydroxylation sites is 2. The van der Waals surface area contributed by atoms with E-state index in [0.29, 0.717) is 5.75 Å². The number of imidazole rings is 1. The van der Waals surface area contributed by atoms with E-state index in [0.717, 1.165) is 16.2 Å². The van der Waals surface area contributed by atoms with E-state index in [1.54, 1.807) is 0 Å². The van der Waals surface area contributed by atoms with Gasteiger partial charge in [0.1, 0.15) is 9.84 Å². The average Bonchev–Trinajstić information content (AvgIpc) is 2.55. The minimum atomic E-state index is -2.90. The van der Waals surface area contributed by atoms with E-state index in [1.807, 2.05) is 35.9 Å². The van der Waals surface area contributed by atoms with Crippen LogP contribution in [0.2, 0.25) is 0 Å². The van der Waals surface area contributed by atoms with Gasteiger partial charge in [-0.3, -0.25) is 0 Å². The fourth-order valence-corrected chi connectivity index (χ4v) is 3.72. The van der Waals surface area contributed by atoms with Gasteiger partial charge in [0.05, 0.1) is 16.8 Å². The largest absolute Gasteiger partial charge is 0.322 e. The molecule has 0 fully saturated rings. The molecular weight excluding hydrogens is 256 g/mol. The molecule has 6 heteroatoms. The first kappa shape index (κ1) is 12.4. The van der Waals surface area contributed by atoms with E-state index in [-0.39, 0.29) is 5.75 Å². The zero-order chi connectivity index (χ0) is 12.5. The molecule has 0 aliphatic carbocycles. The molecule has 4 nitrogen and oxygen atoms in total. The summed E-state index contributed by atoms with van der Waals surface area (Å²) in [4.78, 5) is 4.46. The topological polar surface area (TPSA) is 52.0 Å². The van der Waals surface area contributed by atoms with Crippen LogP contribution < -0.4 is 0 Å². The van der Waals surface area contributed by atoms with Crippen molar-refractivity contribution in [3.63, 3.8) is 0 Å². The molecule has 17 heavy (non-hydrogen) atoms. The number of nitrogens with zero attached hydrogens (tertiary/aromatic N) is 2. The van der Waals surface area contributed by atoms with Gasteiger partial charge in [0.25, 0.3) is 0 Å². The number of aromatic nitrogens is 2. The second-order valence-electron chi connectivity index (χ2n) is 3.92. The lowest BCUT2D eigenvalue weighted by Gasteiger charge is -2.01. The fourth-order valence-electron chi connectivity index (χ4n) is 1.54. The number of fused-ring (bicyclic) bond motifs is 1. The van der Waals surface area contributed by atoms with Gasteiger partial charge in [0.2, 0.25) is 0 Å². The van der Waals surface area contributed by atoms with Crippen LogP contribution in [-0.2, 0) is 16.9 Å². The van der Waals surface area contributed by atoms with Gasteiger partial charge in [-0.15, -0.1) is 0 Å². The van der Waals surface area contributed by atoms with E-state index in [1.165, 1.54) is 18.0 Å². The van der Waals surface area contributed by atoms with Gasteiger partial charge in [-0.25, -0.2) is 13.4 Å². The molecule has 1 aromatic carbocycles. The lowest BCUT2D eigenvalue weighted by molar-refractivity contribution is 0.603. The van der Waals surface area contributed by atoms with Gasteiger partial charge in [-0.05, 0) is 12.1 Å². The van der Waals surface area contributed by atoms with E-state index < -0.39 is 9.84 Å². The highest BCUT2D eigenvalue weighted by Gasteiger charge is 2.09. The minimum absolute atomic E-state index is 0.181. The van der Waals surface area contributed by atoms with Gasteiger partial charge in [-0.1, -0.05) is 23.9 Å². The number of aryl methyl sites for hydroxylation is 1. The van der Waals surface area contributed by atoms with Crippen molar-refractivity contribution in [2.45, 2.75) is 5.16 Å². The first-order valence-corrected chi connectivity index (χ1v) is 8.24. The second kappa shape index (κ2) is 4.70. The number of sulfone groups is 1. The molecule has 0 spiro atoms. The van der Waals surface area contributed by atoms with E-state index in [2.05, 4.69) is 4.98 Å². The predicted octanol–water partition coefficient (Wildman–Crippen LogP) is 1.71. The third kappa shape index (κ3) is 3.01. The lowest BCUT2D eigenvalue weighted by atomic mass is 10.3. The zero-order valence-electron chi connectivity index (χ0n) is 9.75. The lowest BCUT2D eigenvalue weighted by Crippen LogP contribution is -2.05. The maximum atomic E-state index is 11.0. The van der Waals surface area contributed by atoms with E-state index in [4.69, 9.17) is 0 Å². The first-order chi connectivity index (χ1) is 7.97. The van der Waals surface area contributed by atoms with Crippen LogP contribution in [0.15, 0.2) is 29.4 Å². The number of rotatable bonds is 4. The molecule has 0 N–H and O–H groups in total. The Morgan fingerprint density at radius 1 is 1.35 bits per heavy atom. The fraction of sp³-hybridized carbons (Fsp3) is 0.364. The first-order valence-electron chi connectivity index (χ1n) is 5.19. The quantitative estimate of drug-likeness (QED) is 0.794. The molecule has 0 bridgehead atoms. The summed E-state index contributed by atoms with van der Waals surface area (Å²) in [6.45, 7) is 0. The molecule has 0 unspecified atom stereocenters. The molecule has 1 heterocycles. The van der Waals surface area contributed by atoms with Crippen LogP contribution in [0, 0.1) is 0 Å². The Balaban J connectivity index is 2.17. The monoisotopic (exact) mass is 270 g/mol. The molecule has 2 rings (SSSR count). The highest BCUT2D eigenvalue weighted by atomic mass is 32.2. The van der Waals surface area contributed by atoms with Crippen molar-refractivity contribution in [1.82, 2.24) is 9.55 Å². The van der Waals surface area contributed by atoms with Gasteiger partial charge in [-0.2, -0.15) is 0 Å². The molecular formula is C11H14N2O2S2. The highest BCUT2D eigenvalue weighted by molar-refractivity contribution is 8.00. The van der Waals surface area contributed by atoms with E-state index >= 15 is 0 Å². The highest BCUT2D eigenvalue weighted by Crippen LogP contribution is 2.22. The molecule has 1 aromatic heterocycles. The summed E-state index contributed by atoms with van der Waals surface area (Å²) in [6, 6.07) is 7.87. The SMILES string of the molecule is Cn1c(SCCS(C)(=O)=O)nc2ccccc21. The van der Waals surface area contributed by atoms with Crippen molar-refractivity contribution in [1.29, 1.82) is 0 Å². The third-order valence-corrected chi connectivity index (χ3v) is 4.67. The summed E-state index contributed by atoms with van der Waals surface area (Å²) in [6.07, 6.45) is 1.25. The summed E-state index contributed by atoms with van der Waals surface area (Å²) in [5.74, 6) is 0.719. The zero-order valence-corrected chi connectivity index (χ0v) is 11.4. The third-order valence-electron chi connectivity index (χ3n) is 2.43. The maximum Gasteiger partial charge on any atom is 0.168 e. The van der Waals surface area contributed by atoms with Crippen molar-refractivity contribution < 1.29 is 8.42 Å². The number of thioether (sulfide) groups is 1. The molecule has 92 valence electrons. The van der Waals surface area contributed by atoms with E-state index in [9.17, 15) is 8.42 Å². The number of hydrogen-bond acceptors (Lipinski definition) is 4. The van der Waals surface area contributed by atoms with Crippen molar-refractivity contribution in [3.8, 4) is 0 Å². The Kier molecular flexibility index (Phi) is 3.44. The summed E-state index contributed by atoms with van der Waals surface area (Å²) in [5, 5.41) is 0.856. The van der Waals surface area contributed by atoms with Crippen molar-refractivity contribution in [3.05, 3.63) is 24.3 Å². The summed E-state index contributed by atoms with van der Waals surface area (Å²) in [5.41, 5.74) is 2.01. The maximum absolute atomic E-state index is 11.0. The Morgan fingerprint density at radius 3 is 2.71 bits per heavy atom. The van der Waals surface area contributed by atoms with Gasteiger partial charge >= 0.3 is 0 Å². The molecule has 0 aliphatic heterocycles. The Morgan fingerprint density at radius 2 is 2.06 bits per heavy atom. The molecule has 0 radical (unpaired) electrons. The predicted molar refractivity (Wildman–Crippen MR) is 71.1 cm³/mol. The van der Waals surface area contributed by atoms with Gasteiger partial charge in [0, 0.05) is 19.1 Å². The van der Waals surface area contributed by atoms with Gasteiger partial charge < -0.3 is 4.57 Å². The van der Waals surface area contributed by atoms with Crippen LogP contribution in [0.1, 0.15) is 0 Å². The summed E-state index contributed by atoms with van der Waals surface area (Å²) < 4.78 is 24.1. The van der Waals surface area contributed by atoms with Crippen LogP contribution in [-0.4, -0.2) is 35.7 Å². The molecule has 2 aromatic rings. The number of hydrogen-bond donors (Lipinski definition) is 0. The van der Waals surface area contributed by atoms with Crippen LogP contribution >= 0.6 is 11.8 Å². The Bertz CT molecular complexity index is 632. The Hall–Kier alpha value is -1.01. The van der Waals surface area contributed by atoms with Crippen LogP contribution in [0.4, 0.5) is 0 Å². The average molecular weight is 270 g/mol. The Labute approximate surface area is 105 Å². The van der Waals surface area contributed by atoms with Crippen molar-refractivity contribution in [2.75, 3.05) is 17.8 Å². The standard InChI is InChI=1S/C11H14N2O2S2/c1-13-10-6-4-3-5-9(10)12-11(13)16-7-8-17(2,14)15/h3-6H,7-8H2,1-2H3. The molecule has 0 saturated heterocycles. The molecule has 0 atom stereocenters. The summed E-state index contributed by atoms with van der Waals surface area (Å²) >= 11 is 1.47. The molecule has 0 amide bonds. The number of benzene rings is 1. The normalized spacial score (nSPS) is 12.1. The van der Waals surface area contributed by atoms with Crippen molar-refractivity contribution in [2.24, 2.45) is 7.05 Å². The second-order valence-corrected chi connectivity index (χ2v) is 7.24.